The summed E-state index contributed by atoms with van der Waals surface area (Å²) in [5.74, 6) is -0.599. The Morgan fingerprint density at radius 1 is 1.04 bits per heavy atom. The van der Waals surface area contributed by atoms with Gasteiger partial charge in [-0.1, -0.05) is 54.1 Å². The number of hydrogen-bond donors (Lipinski definition) is 1. The van der Waals surface area contributed by atoms with E-state index in [9.17, 15) is 9.59 Å². The van der Waals surface area contributed by atoms with E-state index < -0.39 is 5.41 Å². The van der Waals surface area contributed by atoms with Crippen molar-refractivity contribution in [1.82, 2.24) is 5.32 Å². The number of halogens is 1. The number of amides is 1. The van der Waals surface area contributed by atoms with Gasteiger partial charge in [-0.25, -0.2) is 0 Å². The third kappa shape index (κ3) is 4.40. The summed E-state index contributed by atoms with van der Waals surface area (Å²) in [6.07, 6.45) is 2.24. The second-order valence-corrected chi connectivity index (χ2v) is 6.69. The maximum atomic E-state index is 12.3. The van der Waals surface area contributed by atoms with Crippen LogP contribution < -0.4 is 5.32 Å². The van der Waals surface area contributed by atoms with E-state index in [4.69, 9.17) is 16.3 Å². The Hall–Kier alpha value is -2.33. The average Bonchev–Trinajstić information content (AvgIpc) is 3.44. The van der Waals surface area contributed by atoms with Crippen LogP contribution in [0.25, 0.3) is 0 Å². The van der Waals surface area contributed by atoms with Gasteiger partial charge >= 0.3 is 5.97 Å². The molecule has 1 saturated carbocycles. The highest BCUT2D eigenvalue weighted by atomic mass is 35.5. The normalized spacial score (nSPS) is 14.6. The Labute approximate surface area is 152 Å². The molecule has 0 saturated heterocycles. The zero-order valence-electron chi connectivity index (χ0n) is 13.8. The molecule has 0 bridgehead atoms. The fourth-order valence-electron chi connectivity index (χ4n) is 2.81. The molecule has 2 aromatic carbocycles. The van der Waals surface area contributed by atoms with Gasteiger partial charge in [0.25, 0.3) is 5.91 Å². The summed E-state index contributed by atoms with van der Waals surface area (Å²) >= 11 is 5.83. The van der Waals surface area contributed by atoms with E-state index in [1.807, 2.05) is 54.6 Å². The van der Waals surface area contributed by atoms with Crippen LogP contribution in [-0.2, 0) is 26.2 Å². The Morgan fingerprint density at radius 3 is 2.36 bits per heavy atom. The summed E-state index contributed by atoms with van der Waals surface area (Å²) in [6, 6.07) is 17.1. The van der Waals surface area contributed by atoms with Gasteiger partial charge < -0.3 is 10.1 Å². The molecule has 0 atom stereocenters. The highest BCUT2D eigenvalue weighted by molar-refractivity contribution is 6.30. The minimum Gasteiger partial charge on any atom is -0.455 e. The molecule has 1 aliphatic rings. The first kappa shape index (κ1) is 17.5. The van der Waals surface area contributed by atoms with Crippen LogP contribution in [0.5, 0.6) is 0 Å². The van der Waals surface area contributed by atoms with Crippen LogP contribution in [0, 0.1) is 0 Å². The van der Waals surface area contributed by atoms with Gasteiger partial charge in [-0.3, -0.25) is 9.59 Å². The molecular weight excluding hydrogens is 338 g/mol. The van der Waals surface area contributed by atoms with E-state index in [0.717, 1.165) is 24.0 Å². The topological polar surface area (TPSA) is 55.4 Å². The summed E-state index contributed by atoms with van der Waals surface area (Å²) in [5, 5.41) is 3.45. The van der Waals surface area contributed by atoms with Crippen molar-refractivity contribution in [2.24, 2.45) is 0 Å². The van der Waals surface area contributed by atoms with Crippen molar-refractivity contribution >= 4 is 23.5 Å². The predicted molar refractivity (Wildman–Crippen MR) is 96.5 cm³/mol. The molecule has 25 heavy (non-hydrogen) atoms. The van der Waals surface area contributed by atoms with E-state index in [1.54, 1.807) is 0 Å². The summed E-state index contributed by atoms with van der Waals surface area (Å²) in [5.41, 5.74) is 1.50. The van der Waals surface area contributed by atoms with Crippen LogP contribution >= 0.6 is 11.6 Å². The third-order valence-electron chi connectivity index (χ3n) is 4.45. The van der Waals surface area contributed by atoms with E-state index in [1.165, 1.54) is 0 Å². The minimum absolute atomic E-state index is 0.242. The molecule has 0 aromatic heterocycles. The first-order valence-corrected chi connectivity index (χ1v) is 8.72. The largest absolute Gasteiger partial charge is 0.455 e. The van der Waals surface area contributed by atoms with Crippen molar-refractivity contribution in [3.63, 3.8) is 0 Å². The molecule has 1 N–H and O–H groups in total. The molecule has 4 nitrogen and oxygen atoms in total. The number of hydrogen-bond acceptors (Lipinski definition) is 3. The van der Waals surface area contributed by atoms with Crippen LogP contribution in [0.2, 0.25) is 5.02 Å². The van der Waals surface area contributed by atoms with E-state index >= 15 is 0 Å². The molecule has 1 aliphatic carbocycles. The van der Waals surface area contributed by atoms with E-state index in [2.05, 4.69) is 5.32 Å². The van der Waals surface area contributed by atoms with Gasteiger partial charge in [-0.2, -0.15) is 0 Å². The lowest BCUT2D eigenvalue weighted by Gasteiger charge is -2.14. The molecule has 0 unspecified atom stereocenters. The van der Waals surface area contributed by atoms with Crippen LogP contribution in [0.1, 0.15) is 24.0 Å². The molecule has 0 heterocycles. The minimum atomic E-state index is -0.551. The first-order chi connectivity index (χ1) is 12.1. The quantitative estimate of drug-likeness (QED) is 0.774. The second kappa shape index (κ2) is 7.70. The van der Waals surface area contributed by atoms with Gasteiger partial charge in [0.15, 0.2) is 6.61 Å². The van der Waals surface area contributed by atoms with Crippen LogP contribution in [0.15, 0.2) is 54.6 Å². The molecule has 0 radical (unpaired) electrons. The van der Waals surface area contributed by atoms with Crippen molar-refractivity contribution in [3.05, 3.63) is 70.7 Å². The molecule has 3 rings (SSSR count). The fourth-order valence-corrected chi connectivity index (χ4v) is 2.94. The Bertz CT molecular complexity index is 739. The number of benzene rings is 2. The van der Waals surface area contributed by atoms with Gasteiger partial charge in [-0.05, 0) is 42.5 Å². The lowest BCUT2D eigenvalue weighted by molar-refractivity contribution is -0.151. The Balaban J connectivity index is 1.42. The molecule has 1 amide bonds. The fraction of sp³-hybridized carbons (Fsp3) is 0.300. The van der Waals surface area contributed by atoms with Crippen molar-refractivity contribution in [2.75, 3.05) is 13.2 Å². The lowest BCUT2D eigenvalue weighted by atomic mass is 9.96. The highest BCUT2D eigenvalue weighted by Crippen LogP contribution is 2.49. The highest BCUT2D eigenvalue weighted by Gasteiger charge is 2.52. The zero-order valence-corrected chi connectivity index (χ0v) is 14.6. The number of carbonyl (C=O) groups excluding carboxylic acids is 2. The summed E-state index contributed by atoms with van der Waals surface area (Å²) < 4.78 is 5.24. The summed E-state index contributed by atoms with van der Waals surface area (Å²) in [4.78, 5) is 24.2. The third-order valence-corrected chi connectivity index (χ3v) is 4.70. The van der Waals surface area contributed by atoms with Crippen LogP contribution in [-0.4, -0.2) is 25.0 Å². The summed E-state index contributed by atoms with van der Waals surface area (Å²) in [7, 11) is 0. The molecular formula is C20H20ClNO3. The zero-order chi connectivity index (χ0) is 17.7. The number of nitrogens with one attached hydrogen (secondary N) is 1. The first-order valence-electron chi connectivity index (χ1n) is 8.34. The maximum absolute atomic E-state index is 12.3. The smallest absolute Gasteiger partial charge is 0.317 e. The molecule has 0 aliphatic heterocycles. The van der Waals surface area contributed by atoms with Crippen molar-refractivity contribution in [1.29, 1.82) is 0 Å². The molecule has 0 spiro atoms. The maximum Gasteiger partial charge on any atom is 0.317 e. The Kier molecular flexibility index (Phi) is 5.39. The van der Waals surface area contributed by atoms with Gasteiger partial charge in [0.05, 0.1) is 5.41 Å². The van der Waals surface area contributed by atoms with Gasteiger partial charge in [-0.15, -0.1) is 0 Å². The van der Waals surface area contributed by atoms with E-state index in [-0.39, 0.29) is 18.5 Å². The Morgan fingerprint density at radius 2 is 1.72 bits per heavy atom. The van der Waals surface area contributed by atoms with Crippen LogP contribution in [0.3, 0.4) is 0 Å². The second-order valence-electron chi connectivity index (χ2n) is 6.25. The SMILES string of the molecule is O=C(COC(=O)C1(c2ccccc2)CC1)NCCc1ccc(Cl)cc1. The molecule has 5 heteroatoms. The van der Waals surface area contributed by atoms with E-state index in [0.29, 0.717) is 18.0 Å². The molecule has 1 fully saturated rings. The van der Waals surface area contributed by atoms with Gasteiger partial charge in [0, 0.05) is 11.6 Å². The standard InChI is InChI=1S/C20H20ClNO3/c21-17-8-6-15(7-9-17)10-13-22-18(23)14-25-19(24)20(11-12-20)16-4-2-1-3-5-16/h1-9H,10-14H2,(H,22,23). The predicted octanol–water partition coefficient (Wildman–Crippen LogP) is 3.27. The average molecular weight is 358 g/mol. The van der Waals surface area contributed by atoms with Gasteiger partial charge in [0.1, 0.15) is 0 Å². The van der Waals surface area contributed by atoms with Crippen molar-refractivity contribution in [2.45, 2.75) is 24.7 Å². The monoisotopic (exact) mass is 357 g/mol. The lowest BCUT2D eigenvalue weighted by Crippen LogP contribution is -2.33. The van der Waals surface area contributed by atoms with Gasteiger partial charge in [0.2, 0.25) is 0 Å². The van der Waals surface area contributed by atoms with Crippen molar-refractivity contribution in [3.8, 4) is 0 Å². The number of rotatable bonds is 7. The van der Waals surface area contributed by atoms with Crippen LogP contribution in [0.4, 0.5) is 0 Å². The number of esters is 1. The number of ether oxygens (including phenoxy) is 1. The molecule has 130 valence electrons. The molecule has 2 aromatic rings. The summed E-state index contributed by atoms with van der Waals surface area (Å²) in [6.45, 7) is 0.246. The number of carbonyl (C=O) groups is 2. The van der Waals surface area contributed by atoms with Crippen molar-refractivity contribution < 1.29 is 14.3 Å².